The average molecular weight is 228 g/mol. The van der Waals surface area contributed by atoms with Crippen LogP contribution in [0.2, 0.25) is 0 Å². The molecule has 0 fully saturated rings. The van der Waals surface area contributed by atoms with E-state index in [1.54, 1.807) is 0 Å². The molecule has 0 N–H and O–H groups in total. The van der Waals surface area contributed by atoms with Gasteiger partial charge in [0.05, 0.1) is 5.50 Å². The van der Waals surface area contributed by atoms with Crippen LogP contribution in [0.25, 0.3) is 0 Å². The van der Waals surface area contributed by atoms with Gasteiger partial charge in [-0.05, 0) is 32.9 Å². The summed E-state index contributed by atoms with van der Waals surface area (Å²) >= 11 is 6.04. The fraction of sp³-hybridized carbons (Fsp3) is 1.00. The third-order valence-electron chi connectivity index (χ3n) is 2.10. The van der Waals surface area contributed by atoms with E-state index in [0.29, 0.717) is 0 Å². The van der Waals surface area contributed by atoms with Crippen molar-refractivity contribution in [3.63, 3.8) is 0 Å². The zero-order valence-electron chi connectivity index (χ0n) is 9.05. The van der Waals surface area contributed by atoms with Crippen molar-refractivity contribution in [2.75, 3.05) is 13.1 Å². The van der Waals surface area contributed by atoms with Crippen LogP contribution in [0, 0.1) is 0 Å². The first kappa shape index (κ1) is 16.0. The molecule has 82 valence electrons. The van der Waals surface area contributed by atoms with Crippen molar-refractivity contribution in [3.8, 4) is 0 Å². The Hall–Kier alpha value is 0.540. The molecule has 1 nitrogen and oxygen atoms in total. The number of rotatable bonds is 7. The Morgan fingerprint density at radius 1 is 1.08 bits per heavy atom. The van der Waals surface area contributed by atoms with Crippen molar-refractivity contribution in [1.29, 1.82) is 0 Å². The fourth-order valence-electron chi connectivity index (χ4n) is 1.19. The van der Waals surface area contributed by atoms with E-state index in [1.807, 2.05) is 0 Å². The zero-order chi connectivity index (χ0) is 9.40. The molecule has 0 rings (SSSR count). The highest BCUT2D eigenvalue weighted by molar-refractivity contribution is 6.20. The van der Waals surface area contributed by atoms with Crippen molar-refractivity contribution >= 4 is 24.0 Å². The largest absolute Gasteiger partial charge is 0.288 e. The van der Waals surface area contributed by atoms with Gasteiger partial charge in [0, 0.05) is 0 Å². The van der Waals surface area contributed by atoms with E-state index in [2.05, 4.69) is 25.7 Å². The standard InChI is InChI=1S/C10H22ClN.ClH/c1-4-6-8-12(10(3)11)9-7-5-2;/h10H,4-9H2,1-3H3;1H. The van der Waals surface area contributed by atoms with Gasteiger partial charge < -0.3 is 0 Å². The molecule has 3 heteroatoms. The highest BCUT2D eigenvalue weighted by Crippen LogP contribution is 2.07. The number of unbranched alkanes of at least 4 members (excludes halogenated alkanes) is 2. The molecule has 13 heavy (non-hydrogen) atoms. The average Bonchev–Trinajstić information content (AvgIpc) is 2.04. The second kappa shape index (κ2) is 10.6. The Morgan fingerprint density at radius 3 is 1.69 bits per heavy atom. The van der Waals surface area contributed by atoms with Crippen LogP contribution in [0.1, 0.15) is 46.5 Å². The second-order valence-corrected chi connectivity index (χ2v) is 3.95. The Kier molecular flexibility index (Phi) is 13.1. The summed E-state index contributed by atoms with van der Waals surface area (Å²) in [5, 5.41) is 0. The Balaban J connectivity index is 0. The van der Waals surface area contributed by atoms with Crippen LogP contribution in [-0.4, -0.2) is 23.5 Å². The summed E-state index contributed by atoms with van der Waals surface area (Å²) in [6, 6.07) is 0. The molecule has 0 radical (unpaired) electrons. The summed E-state index contributed by atoms with van der Waals surface area (Å²) in [4.78, 5) is 2.36. The van der Waals surface area contributed by atoms with Crippen molar-refractivity contribution < 1.29 is 0 Å². The van der Waals surface area contributed by atoms with E-state index < -0.39 is 0 Å². The van der Waals surface area contributed by atoms with Crippen LogP contribution >= 0.6 is 24.0 Å². The van der Waals surface area contributed by atoms with Crippen molar-refractivity contribution in [2.24, 2.45) is 0 Å². The third-order valence-corrected chi connectivity index (χ3v) is 2.38. The van der Waals surface area contributed by atoms with Gasteiger partial charge in [-0.25, -0.2) is 0 Å². The summed E-state index contributed by atoms with van der Waals surface area (Å²) in [6.07, 6.45) is 5.04. The zero-order valence-corrected chi connectivity index (χ0v) is 10.6. The number of alkyl halides is 1. The van der Waals surface area contributed by atoms with E-state index in [0.717, 1.165) is 13.1 Å². The highest BCUT2D eigenvalue weighted by atomic mass is 35.5. The molecule has 0 saturated carbocycles. The molecule has 0 spiro atoms. The monoisotopic (exact) mass is 227 g/mol. The number of halogens is 2. The molecule has 0 amide bonds. The SMILES string of the molecule is CCCCN(CCCC)C(C)Cl.Cl. The number of hydrogen-bond acceptors (Lipinski definition) is 1. The van der Waals surface area contributed by atoms with Gasteiger partial charge in [0.15, 0.2) is 0 Å². The molecule has 0 aromatic heterocycles. The minimum absolute atomic E-state index is 0. The quantitative estimate of drug-likeness (QED) is 0.472. The van der Waals surface area contributed by atoms with Crippen LogP contribution in [-0.2, 0) is 0 Å². The molecule has 0 aliphatic heterocycles. The lowest BCUT2D eigenvalue weighted by molar-refractivity contribution is 0.254. The van der Waals surface area contributed by atoms with Gasteiger partial charge >= 0.3 is 0 Å². The first-order valence-corrected chi connectivity index (χ1v) is 5.54. The summed E-state index contributed by atoms with van der Waals surface area (Å²) in [5.74, 6) is 0. The fourth-order valence-corrected chi connectivity index (χ4v) is 1.39. The second-order valence-electron chi connectivity index (χ2n) is 3.32. The Labute approximate surface area is 94.2 Å². The predicted molar refractivity (Wildman–Crippen MR) is 64.0 cm³/mol. The van der Waals surface area contributed by atoms with Crippen LogP contribution < -0.4 is 0 Å². The van der Waals surface area contributed by atoms with Gasteiger partial charge in [0.1, 0.15) is 0 Å². The lowest BCUT2D eigenvalue weighted by Crippen LogP contribution is -2.31. The highest BCUT2D eigenvalue weighted by Gasteiger charge is 2.08. The maximum atomic E-state index is 6.04. The van der Waals surface area contributed by atoms with Gasteiger partial charge in [-0.2, -0.15) is 0 Å². The van der Waals surface area contributed by atoms with E-state index in [1.165, 1.54) is 25.7 Å². The molecule has 1 atom stereocenters. The van der Waals surface area contributed by atoms with Gasteiger partial charge in [-0.3, -0.25) is 4.90 Å². The van der Waals surface area contributed by atoms with Crippen LogP contribution in [0.5, 0.6) is 0 Å². The predicted octanol–water partition coefficient (Wildman–Crippen LogP) is 3.90. The molecular formula is C10H23Cl2N. The summed E-state index contributed by atoms with van der Waals surface area (Å²) in [5.41, 5.74) is 0.197. The molecular weight excluding hydrogens is 205 g/mol. The lowest BCUT2D eigenvalue weighted by Gasteiger charge is -2.24. The summed E-state index contributed by atoms with van der Waals surface area (Å²) < 4.78 is 0. The minimum atomic E-state index is 0. The van der Waals surface area contributed by atoms with Gasteiger partial charge in [0.2, 0.25) is 0 Å². The summed E-state index contributed by atoms with van der Waals surface area (Å²) in [7, 11) is 0. The smallest absolute Gasteiger partial charge is 0.0821 e. The molecule has 1 unspecified atom stereocenters. The van der Waals surface area contributed by atoms with Crippen molar-refractivity contribution in [2.45, 2.75) is 52.0 Å². The topological polar surface area (TPSA) is 3.24 Å². The minimum Gasteiger partial charge on any atom is -0.288 e. The first-order valence-electron chi connectivity index (χ1n) is 5.10. The molecule has 0 bridgehead atoms. The molecule has 0 aromatic rings. The van der Waals surface area contributed by atoms with E-state index >= 15 is 0 Å². The maximum absolute atomic E-state index is 6.04. The summed E-state index contributed by atoms with van der Waals surface area (Å²) in [6.45, 7) is 8.81. The third kappa shape index (κ3) is 8.86. The Morgan fingerprint density at radius 2 is 1.46 bits per heavy atom. The normalized spacial score (nSPS) is 12.7. The van der Waals surface area contributed by atoms with E-state index in [4.69, 9.17) is 11.6 Å². The van der Waals surface area contributed by atoms with Crippen LogP contribution in [0.3, 0.4) is 0 Å². The number of hydrogen-bond donors (Lipinski definition) is 0. The molecule has 0 heterocycles. The molecule has 0 aliphatic carbocycles. The van der Waals surface area contributed by atoms with E-state index in [9.17, 15) is 0 Å². The molecule has 0 saturated heterocycles. The van der Waals surface area contributed by atoms with Gasteiger partial charge in [0.25, 0.3) is 0 Å². The van der Waals surface area contributed by atoms with Crippen LogP contribution in [0.4, 0.5) is 0 Å². The van der Waals surface area contributed by atoms with Gasteiger partial charge in [-0.1, -0.05) is 26.7 Å². The van der Waals surface area contributed by atoms with Crippen molar-refractivity contribution in [1.82, 2.24) is 4.90 Å². The molecule has 0 aromatic carbocycles. The maximum Gasteiger partial charge on any atom is 0.0821 e. The molecule has 0 aliphatic rings. The van der Waals surface area contributed by atoms with Crippen molar-refractivity contribution in [3.05, 3.63) is 0 Å². The number of nitrogens with zero attached hydrogens (tertiary/aromatic N) is 1. The first-order chi connectivity index (χ1) is 5.72. The van der Waals surface area contributed by atoms with Gasteiger partial charge in [-0.15, -0.1) is 24.0 Å². The van der Waals surface area contributed by atoms with E-state index in [-0.39, 0.29) is 17.9 Å². The lowest BCUT2D eigenvalue weighted by atomic mass is 10.2. The Bertz CT molecular complexity index is 88.9. The van der Waals surface area contributed by atoms with Crippen LogP contribution in [0.15, 0.2) is 0 Å².